The third kappa shape index (κ3) is 2.05. The SMILES string of the molecule is CC1CC(C)N(c2ccc(F)cc2CN)C1. The number of hydrogen-bond acceptors (Lipinski definition) is 2. The Morgan fingerprint density at radius 3 is 2.75 bits per heavy atom. The molecule has 0 amide bonds. The molecule has 2 rings (SSSR count). The maximum atomic E-state index is 13.1. The van der Waals surface area contributed by atoms with Gasteiger partial charge in [-0.25, -0.2) is 4.39 Å². The molecule has 0 radical (unpaired) electrons. The van der Waals surface area contributed by atoms with Gasteiger partial charge in [-0.05, 0) is 43.0 Å². The number of hydrogen-bond donors (Lipinski definition) is 1. The Bertz CT molecular complexity index is 378. The van der Waals surface area contributed by atoms with E-state index in [4.69, 9.17) is 5.73 Å². The first-order valence-electron chi connectivity index (χ1n) is 5.87. The minimum Gasteiger partial charge on any atom is -0.368 e. The van der Waals surface area contributed by atoms with E-state index in [-0.39, 0.29) is 5.82 Å². The molecule has 1 heterocycles. The van der Waals surface area contributed by atoms with Gasteiger partial charge in [-0.3, -0.25) is 0 Å². The molecule has 88 valence electrons. The molecule has 1 aliphatic rings. The monoisotopic (exact) mass is 222 g/mol. The Balaban J connectivity index is 2.32. The average molecular weight is 222 g/mol. The Hall–Kier alpha value is -1.09. The lowest BCUT2D eigenvalue weighted by atomic mass is 10.1. The second-order valence-electron chi connectivity index (χ2n) is 4.82. The molecular formula is C13H19FN2. The Kier molecular flexibility index (Phi) is 3.15. The predicted octanol–water partition coefficient (Wildman–Crippen LogP) is 2.52. The second kappa shape index (κ2) is 4.42. The quantitative estimate of drug-likeness (QED) is 0.833. The first-order valence-corrected chi connectivity index (χ1v) is 5.87. The molecule has 1 aliphatic heterocycles. The van der Waals surface area contributed by atoms with Crippen LogP contribution in [-0.2, 0) is 6.54 Å². The summed E-state index contributed by atoms with van der Waals surface area (Å²) in [5, 5.41) is 0. The largest absolute Gasteiger partial charge is 0.368 e. The molecule has 2 atom stereocenters. The lowest BCUT2D eigenvalue weighted by Gasteiger charge is -2.26. The van der Waals surface area contributed by atoms with Gasteiger partial charge in [-0.1, -0.05) is 6.92 Å². The predicted molar refractivity (Wildman–Crippen MR) is 64.9 cm³/mol. The zero-order chi connectivity index (χ0) is 11.7. The fourth-order valence-corrected chi connectivity index (χ4v) is 2.63. The van der Waals surface area contributed by atoms with E-state index in [9.17, 15) is 4.39 Å². The van der Waals surface area contributed by atoms with Gasteiger partial charge in [-0.15, -0.1) is 0 Å². The highest BCUT2D eigenvalue weighted by Gasteiger charge is 2.27. The molecule has 1 aromatic carbocycles. The molecule has 2 nitrogen and oxygen atoms in total. The maximum Gasteiger partial charge on any atom is 0.123 e. The minimum atomic E-state index is -0.205. The van der Waals surface area contributed by atoms with Crippen LogP contribution in [-0.4, -0.2) is 12.6 Å². The van der Waals surface area contributed by atoms with E-state index in [1.54, 1.807) is 6.07 Å². The van der Waals surface area contributed by atoms with Crippen LogP contribution < -0.4 is 10.6 Å². The van der Waals surface area contributed by atoms with Crippen LogP contribution in [0.5, 0.6) is 0 Å². The van der Waals surface area contributed by atoms with E-state index in [1.807, 2.05) is 6.07 Å². The molecule has 0 aliphatic carbocycles. The Morgan fingerprint density at radius 2 is 2.19 bits per heavy atom. The first-order chi connectivity index (χ1) is 7.61. The third-order valence-corrected chi connectivity index (χ3v) is 3.35. The molecule has 0 bridgehead atoms. The van der Waals surface area contributed by atoms with E-state index in [0.29, 0.717) is 18.5 Å². The molecule has 1 aromatic rings. The average Bonchev–Trinajstić information content (AvgIpc) is 2.57. The van der Waals surface area contributed by atoms with E-state index < -0.39 is 0 Å². The number of benzene rings is 1. The molecule has 1 fully saturated rings. The van der Waals surface area contributed by atoms with Gasteiger partial charge in [0, 0.05) is 24.8 Å². The van der Waals surface area contributed by atoms with E-state index in [1.165, 1.54) is 12.5 Å². The van der Waals surface area contributed by atoms with Gasteiger partial charge in [0.15, 0.2) is 0 Å². The summed E-state index contributed by atoms with van der Waals surface area (Å²) in [6.07, 6.45) is 1.20. The highest BCUT2D eigenvalue weighted by Crippen LogP contribution is 2.31. The summed E-state index contributed by atoms with van der Waals surface area (Å²) in [5.41, 5.74) is 7.68. The van der Waals surface area contributed by atoms with Crippen LogP contribution in [0, 0.1) is 11.7 Å². The summed E-state index contributed by atoms with van der Waals surface area (Å²) < 4.78 is 13.1. The second-order valence-corrected chi connectivity index (χ2v) is 4.82. The van der Waals surface area contributed by atoms with Crippen LogP contribution in [0.25, 0.3) is 0 Å². The van der Waals surface area contributed by atoms with Crippen LogP contribution in [0.1, 0.15) is 25.8 Å². The van der Waals surface area contributed by atoms with Crippen molar-refractivity contribution in [2.75, 3.05) is 11.4 Å². The van der Waals surface area contributed by atoms with E-state index >= 15 is 0 Å². The summed E-state index contributed by atoms with van der Waals surface area (Å²) in [5.74, 6) is 0.495. The number of anilines is 1. The number of nitrogens with zero attached hydrogens (tertiary/aromatic N) is 1. The van der Waals surface area contributed by atoms with Gasteiger partial charge < -0.3 is 10.6 Å². The maximum absolute atomic E-state index is 13.1. The van der Waals surface area contributed by atoms with E-state index in [0.717, 1.165) is 17.8 Å². The summed E-state index contributed by atoms with van der Waals surface area (Å²) >= 11 is 0. The number of rotatable bonds is 2. The molecule has 3 heteroatoms. The fraction of sp³-hybridized carbons (Fsp3) is 0.538. The molecular weight excluding hydrogens is 203 g/mol. The van der Waals surface area contributed by atoms with Crippen molar-refractivity contribution in [3.8, 4) is 0 Å². The Labute approximate surface area is 96.2 Å². The highest BCUT2D eigenvalue weighted by molar-refractivity contribution is 5.55. The molecule has 0 saturated carbocycles. The van der Waals surface area contributed by atoms with Gasteiger partial charge in [0.2, 0.25) is 0 Å². The lowest BCUT2D eigenvalue weighted by Crippen LogP contribution is -2.28. The van der Waals surface area contributed by atoms with Gasteiger partial charge >= 0.3 is 0 Å². The summed E-state index contributed by atoms with van der Waals surface area (Å²) in [6.45, 7) is 5.90. The topological polar surface area (TPSA) is 29.3 Å². The van der Waals surface area contributed by atoms with Crippen LogP contribution in [0.4, 0.5) is 10.1 Å². The van der Waals surface area contributed by atoms with Crippen molar-refractivity contribution in [2.24, 2.45) is 11.7 Å². The van der Waals surface area contributed by atoms with Crippen LogP contribution in [0.3, 0.4) is 0 Å². The van der Waals surface area contributed by atoms with Crippen molar-refractivity contribution in [2.45, 2.75) is 32.9 Å². The normalized spacial score (nSPS) is 25.1. The summed E-state index contributed by atoms with van der Waals surface area (Å²) in [6, 6.07) is 5.44. The van der Waals surface area contributed by atoms with Gasteiger partial charge in [0.05, 0.1) is 0 Å². The number of halogens is 1. The molecule has 2 N–H and O–H groups in total. The fourth-order valence-electron chi connectivity index (χ4n) is 2.63. The van der Waals surface area contributed by atoms with Crippen molar-refractivity contribution >= 4 is 5.69 Å². The van der Waals surface area contributed by atoms with Gasteiger partial charge in [0.1, 0.15) is 5.82 Å². The van der Waals surface area contributed by atoms with Crippen molar-refractivity contribution in [3.63, 3.8) is 0 Å². The van der Waals surface area contributed by atoms with Gasteiger partial charge in [0.25, 0.3) is 0 Å². The zero-order valence-corrected chi connectivity index (χ0v) is 9.91. The molecule has 16 heavy (non-hydrogen) atoms. The summed E-state index contributed by atoms with van der Waals surface area (Å²) in [4.78, 5) is 2.34. The Morgan fingerprint density at radius 1 is 1.44 bits per heavy atom. The third-order valence-electron chi connectivity index (χ3n) is 3.35. The first kappa shape index (κ1) is 11.4. The smallest absolute Gasteiger partial charge is 0.123 e. The molecule has 1 saturated heterocycles. The highest BCUT2D eigenvalue weighted by atomic mass is 19.1. The van der Waals surface area contributed by atoms with Crippen LogP contribution in [0.2, 0.25) is 0 Å². The van der Waals surface area contributed by atoms with Crippen molar-refractivity contribution in [1.82, 2.24) is 0 Å². The van der Waals surface area contributed by atoms with Crippen molar-refractivity contribution in [3.05, 3.63) is 29.6 Å². The molecule has 0 spiro atoms. The van der Waals surface area contributed by atoms with Crippen molar-refractivity contribution < 1.29 is 4.39 Å². The lowest BCUT2D eigenvalue weighted by molar-refractivity contribution is 0.623. The van der Waals surface area contributed by atoms with Crippen LogP contribution in [0.15, 0.2) is 18.2 Å². The number of nitrogens with two attached hydrogens (primary N) is 1. The van der Waals surface area contributed by atoms with Gasteiger partial charge in [-0.2, -0.15) is 0 Å². The zero-order valence-electron chi connectivity index (χ0n) is 9.91. The van der Waals surface area contributed by atoms with Crippen molar-refractivity contribution in [1.29, 1.82) is 0 Å². The molecule has 2 unspecified atom stereocenters. The standard InChI is InChI=1S/C13H19FN2/c1-9-5-10(2)16(8-9)13-4-3-12(14)6-11(13)7-15/h3-4,6,9-10H,5,7-8,15H2,1-2H3. The van der Waals surface area contributed by atoms with E-state index in [2.05, 4.69) is 18.7 Å². The molecule has 0 aromatic heterocycles. The van der Waals surface area contributed by atoms with Crippen LogP contribution >= 0.6 is 0 Å². The summed E-state index contributed by atoms with van der Waals surface area (Å²) in [7, 11) is 0. The minimum absolute atomic E-state index is 0.205.